The van der Waals surface area contributed by atoms with Crippen LogP contribution in [-0.2, 0) is 9.59 Å². The van der Waals surface area contributed by atoms with E-state index in [1.54, 1.807) is 4.90 Å². The number of hydrogen-bond donors (Lipinski definition) is 1. The highest BCUT2D eigenvalue weighted by atomic mass is 16.2. The third-order valence-corrected chi connectivity index (χ3v) is 5.36. The minimum absolute atomic E-state index is 0.0226. The molecule has 1 saturated carbocycles. The number of primary amides is 1. The molecule has 0 aromatic carbocycles. The number of amides is 2. The normalized spacial score (nSPS) is 17.3. The molecule has 2 amide bonds. The Morgan fingerprint density at radius 1 is 1.13 bits per heavy atom. The molecular formula is C19H36N2O2. The molecule has 2 unspecified atom stereocenters. The van der Waals surface area contributed by atoms with E-state index in [1.807, 2.05) is 6.92 Å². The molecule has 0 saturated heterocycles. The highest BCUT2D eigenvalue weighted by Crippen LogP contribution is 2.34. The highest BCUT2D eigenvalue weighted by molar-refractivity contribution is 5.85. The lowest BCUT2D eigenvalue weighted by molar-refractivity contribution is -0.140. The zero-order valence-corrected chi connectivity index (χ0v) is 15.4. The van der Waals surface area contributed by atoms with Crippen LogP contribution in [0, 0.1) is 17.8 Å². The van der Waals surface area contributed by atoms with Gasteiger partial charge in [0.15, 0.2) is 0 Å². The molecule has 0 heterocycles. The summed E-state index contributed by atoms with van der Waals surface area (Å²) < 4.78 is 0. The first-order chi connectivity index (χ1) is 11.0. The topological polar surface area (TPSA) is 63.4 Å². The molecule has 1 aliphatic rings. The molecule has 1 aliphatic carbocycles. The van der Waals surface area contributed by atoms with Crippen LogP contribution in [0.4, 0.5) is 0 Å². The lowest BCUT2D eigenvalue weighted by Crippen LogP contribution is -2.43. The van der Waals surface area contributed by atoms with Crippen molar-refractivity contribution in [3.63, 3.8) is 0 Å². The van der Waals surface area contributed by atoms with Crippen LogP contribution in [0.2, 0.25) is 0 Å². The van der Waals surface area contributed by atoms with Gasteiger partial charge in [-0.2, -0.15) is 0 Å². The van der Waals surface area contributed by atoms with E-state index < -0.39 is 5.91 Å². The van der Waals surface area contributed by atoms with Gasteiger partial charge in [-0.3, -0.25) is 9.59 Å². The smallest absolute Gasteiger partial charge is 0.237 e. The van der Waals surface area contributed by atoms with Crippen molar-refractivity contribution in [1.29, 1.82) is 0 Å². The van der Waals surface area contributed by atoms with Gasteiger partial charge in [-0.15, -0.1) is 0 Å². The number of hydrogen-bond acceptors (Lipinski definition) is 2. The third-order valence-electron chi connectivity index (χ3n) is 5.36. The predicted molar refractivity (Wildman–Crippen MR) is 94.8 cm³/mol. The Kier molecular flexibility index (Phi) is 9.27. The van der Waals surface area contributed by atoms with Crippen LogP contribution in [0.5, 0.6) is 0 Å². The average Bonchev–Trinajstić information content (AvgIpc) is 2.47. The molecule has 0 aromatic heterocycles. The van der Waals surface area contributed by atoms with Crippen LogP contribution in [0.15, 0.2) is 0 Å². The standard InChI is InChI=1S/C19H36N2O2/c1-4-5-6-7-8-12-21(14-18(20)22)19(23)16(3)15(2)13-17-10-9-11-17/h15-17H,4-14H2,1-3H3,(H2,20,22). The van der Waals surface area contributed by atoms with Gasteiger partial charge in [-0.1, -0.05) is 65.7 Å². The summed E-state index contributed by atoms with van der Waals surface area (Å²) in [5.41, 5.74) is 5.34. The summed E-state index contributed by atoms with van der Waals surface area (Å²) in [6.45, 7) is 7.09. The van der Waals surface area contributed by atoms with E-state index in [4.69, 9.17) is 5.73 Å². The molecule has 0 bridgehead atoms. The maximum Gasteiger partial charge on any atom is 0.237 e. The second kappa shape index (κ2) is 10.7. The van der Waals surface area contributed by atoms with Gasteiger partial charge in [0.1, 0.15) is 0 Å². The van der Waals surface area contributed by atoms with Gasteiger partial charge in [0.05, 0.1) is 6.54 Å². The Labute approximate surface area is 142 Å². The summed E-state index contributed by atoms with van der Waals surface area (Å²) in [4.78, 5) is 25.7. The predicted octanol–water partition coefficient (Wildman–Crippen LogP) is 3.73. The molecule has 134 valence electrons. The number of unbranched alkanes of at least 4 members (excludes halogenated alkanes) is 4. The molecule has 1 rings (SSSR count). The Morgan fingerprint density at radius 2 is 1.78 bits per heavy atom. The van der Waals surface area contributed by atoms with E-state index in [-0.39, 0.29) is 18.4 Å². The quantitative estimate of drug-likeness (QED) is 0.556. The SMILES string of the molecule is CCCCCCCN(CC(N)=O)C(=O)C(C)C(C)CC1CCC1. The number of nitrogens with two attached hydrogens (primary N) is 1. The first-order valence-corrected chi connectivity index (χ1v) is 9.52. The third kappa shape index (κ3) is 7.36. The Hall–Kier alpha value is -1.06. The van der Waals surface area contributed by atoms with E-state index >= 15 is 0 Å². The van der Waals surface area contributed by atoms with Crippen LogP contribution in [0.3, 0.4) is 0 Å². The van der Waals surface area contributed by atoms with Gasteiger partial charge in [-0.25, -0.2) is 0 Å². The van der Waals surface area contributed by atoms with Crippen molar-refractivity contribution in [2.75, 3.05) is 13.1 Å². The molecular weight excluding hydrogens is 288 g/mol. The summed E-state index contributed by atoms with van der Waals surface area (Å²) in [7, 11) is 0. The summed E-state index contributed by atoms with van der Waals surface area (Å²) in [6.07, 6.45) is 10.8. The minimum Gasteiger partial charge on any atom is -0.368 e. The van der Waals surface area contributed by atoms with E-state index in [0.29, 0.717) is 12.5 Å². The van der Waals surface area contributed by atoms with Gasteiger partial charge in [0.25, 0.3) is 0 Å². The maximum absolute atomic E-state index is 12.7. The van der Waals surface area contributed by atoms with Gasteiger partial charge in [0, 0.05) is 12.5 Å². The number of rotatable bonds is 12. The molecule has 1 fully saturated rings. The second-order valence-corrected chi connectivity index (χ2v) is 7.44. The van der Waals surface area contributed by atoms with E-state index in [0.717, 1.165) is 25.2 Å². The molecule has 2 atom stereocenters. The molecule has 4 nitrogen and oxygen atoms in total. The number of carbonyl (C=O) groups excluding carboxylic acids is 2. The second-order valence-electron chi connectivity index (χ2n) is 7.44. The Balaban J connectivity index is 2.46. The summed E-state index contributed by atoms with van der Waals surface area (Å²) >= 11 is 0. The fourth-order valence-electron chi connectivity index (χ4n) is 3.35. The van der Waals surface area contributed by atoms with Crippen LogP contribution in [0.25, 0.3) is 0 Å². The molecule has 0 aromatic rings. The van der Waals surface area contributed by atoms with Crippen LogP contribution < -0.4 is 5.73 Å². The number of carbonyl (C=O) groups is 2. The van der Waals surface area contributed by atoms with Gasteiger partial charge in [-0.05, 0) is 24.7 Å². The Bertz CT molecular complexity index is 366. The van der Waals surface area contributed by atoms with Gasteiger partial charge < -0.3 is 10.6 Å². The van der Waals surface area contributed by atoms with E-state index in [1.165, 1.54) is 38.5 Å². The summed E-state index contributed by atoms with van der Waals surface area (Å²) in [5.74, 6) is 0.851. The molecule has 0 spiro atoms. The van der Waals surface area contributed by atoms with Crippen LogP contribution in [0.1, 0.15) is 78.6 Å². The minimum atomic E-state index is -0.411. The molecule has 2 N–H and O–H groups in total. The number of nitrogens with zero attached hydrogens (tertiary/aromatic N) is 1. The summed E-state index contributed by atoms with van der Waals surface area (Å²) in [6, 6.07) is 0. The first-order valence-electron chi connectivity index (χ1n) is 9.52. The largest absolute Gasteiger partial charge is 0.368 e. The average molecular weight is 325 g/mol. The lowest BCUT2D eigenvalue weighted by Gasteiger charge is -2.32. The highest BCUT2D eigenvalue weighted by Gasteiger charge is 2.29. The molecule has 4 heteroatoms. The van der Waals surface area contributed by atoms with Crippen molar-refractivity contribution in [3.05, 3.63) is 0 Å². The van der Waals surface area contributed by atoms with Gasteiger partial charge in [0.2, 0.25) is 11.8 Å². The van der Waals surface area contributed by atoms with Crippen molar-refractivity contribution in [1.82, 2.24) is 4.90 Å². The molecule has 0 radical (unpaired) electrons. The molecule has 0 aliphatic heterocycles. The summed E-state index contributed by atoms with van der Waals surface area (Å²) in [5, 5.41) is 0. The Morgan fingerprint density at radius 3 is 2.30 bits per heavy atom. The zero-order valence-electron chi connectivity index (χ0n) is 15.4. The van der Waals surface area contributed by atoms with E-state index in [2.05, 4.69) is 13.8 Å². The van der Waals surface area contributed by atoms with Crippen molar-refractivity contribution < 1.29 is 9.59 Å². The monoisotopic (exact) mass is 324 g/mol. The lowest BCUT2D eigenvalue weighted by atomic mass is 9.76. The van der Waals surface area contributed by atoms with E-state index in [9.17, 15) is 9.59 Å². The first kappa shape index (κ1) is 20.0. The zero-order chi connectivity index (χ0) is 17.2. The fourth-order valence-corrected chi connectivity index (χ4v) is 3.35. The van der Waals surface area contributed by atoms with Crippen molar-refractivity contribution in [3.8, 4) is 0 Å². The van der Waals surface area contributed by atoms with Gasteiger partial charge >= 0.3 is 0 Å². The van der Waals surface area contributed by atoms with Crippen molar-refractivity contribution in [2.24, 2.45) is 23.5 Å². The fraction of sp³-hybridized carbons (Fsp3) is 0.895. The van der Waals surface area contributed by atoms with Crippen LogP contribution >= 0.6 is 0 Å². The van der Waals surface area contributed by atoms with Crippen molar-refractivity contribution >= 4 is 11.8 Å². The van der Waals surface area contributed by atoms with Crippen molar-refractivity contribution in [2.45, 2.75) is 78.6 Å². The maximum atomic E-state index is 12.7. The molecule has 23 heavy (non-hydrogen) atoms. The van der Waals surface area contributed by atoms with Crippen LogP contribution in [-0.4, -0.2) is 29.8 Å².